The highest BCUT2D eigenvalue weighted by atomic mass is 16.5. The third-order valence-corrected chi connectivity index (χ3v) is 6.76. The summed E-state index contributed by atoms with van der Waals surface area (Å²) < 4.78 is 5.47. The highest BCUT2D eigenvalue weighted by Crippen LogP contribution is 2.39. The number of nitrogens with one attached hydrogen (secondary N) is 1. The lowest BCUT2D eigenvalue weighted by Crippen LogP contribution is -2.49. The first-order valence-electron chi connectivity index (χ1n) is 10.3. The summed E-state index contributed by atoms with van der Waals surface area (Å²) in [5.74, 6) is 1.81. The average Bonchev–Trinajstić information content (AvgIpc) is 3.36. The number of rotatable bonds is 5. The number of hydrogen-bond donors (Lipinski definition) is 1. The fourth-order valence-corrected chi connectivity index (χ4v) is 4.92. The predicted molar refractivity (Wildman–Crippen MR) is 115 cm³/mol. The molecule has 1 aromatic heterocycles. The molecule has 0 radical (unpaired) electrons. The van der Waals surface area contributed by atoms with Gasteiger partial charge in [-0.05, 0) is 62.1 Å². The van der Waals surface area contributed by atoms with E-state index >= 15 is 0 Å². The maximum atomic E-state index is 13.0. The van der Waals surface area contributed by atoms with Gasteiger partial charge in [-0.3, -0.25) is 9.69 Å². The number of nitrogens with zero attached hydrogens (tertiary/aromatic N) is 3. The number of pyridine rings is 1. The zero-order valence-electron chi connectivity index (χ0n) is 17.9. The van der Waals surface area contributed by atoms with E-state index in [0.29, 0.717) is 17.6 Å². The Morgan fingerprint density at radius 1 is 1.17 bits per heavy atom. The van der Waals surface area contributed by atoms with E-state index in [4.69, 9.17) is 4.74 Å². The van der Waals surface area contributed by atoms with Crippen molar-refractivity contribution in [1.29, 1.82) is 0 Å². The van der Waals surface area contributed by atoms with E-state index in [1.54, 1.807) is 13.3 Å². The molecule has 2 aliphatic heterocycles. The Labute approximate surface area is 172 Å². The van der Waals surface area contributed by atoms with Gasteiger partial charge in [0.2, 0.25) is 0 Å². The number of hydrogen-bond acceptors (Lipinski definition) is 5. The minimum atomic E-state index is 0.0939. The number of aromatic nitrogens is 1. The van der Waals surface area contributed by atoms with Crippen LogP contribution in [-0.4, -0.2) is 60.0 Å². The molecule has 0 spiro atoms. The largest absolute Gasteiger partial charge is 0.496 e. The lowest BCUT2D eigenvalue weighted by Gasteiger charge is -2.38. The van der Waals surface area contributed by atoms with Gasteiger partial charge in [0.25, 0.3) is 5.91 Å². The number of anilines is 1. The van der Waals surface area contributed by atoms with Crippen molar-refractivity contribution in [1.82, 2.24) is 14.8 Å². The summed E-state index contributed by atoms with van der Waals surface area (Å²) in [6.45, 7) is 8.28. The first-order valence-corrected chi connectivity index (χ1v) is 10.3. The summed E-state index contributed by atoms with van der Waals surface area (Å²) in [5, 5.41) is 2.99. The van der Waals surface area contributed by atoms with Crippen molar-refractivity contribution in [3.05, 3.63) is 52.7 Å². The Kier molecular flexibility index (Phi) is 5.21. The third-order valence-electron chi connectivity index (χ3n) is 6.76. The van der Waals surface area contributed by atoms with Crippen LogP contribution >= 0.6 is 0 Å². The Morgan fingerprint density at radius 3 is 2.55 bits per heavy atom. The summed E-state index contributed by atoms with van der Waals surface area (Å²) in [5.41, 5.74) is 4.51. The zero-order valence-corrected chi connectivity index (χ0v) is 17.9. The maximum absolute atomic E-state index is 13.0. The fourth-order valence-electron chi connectivity index (χ4n) is 4.92. The lowest BCUT2D eigenvalue weighted by atomic mass is 9.96. The highest BCUT2D eigenvalue weighted by Gasteiger charge is 2.47. The van der Waals surface area contributed by atoms with Crippen LogP contribution in [0, 0.1) is 13.8 Å². The number of ether oxygens (including phenoxy) is 1. The number of carbonyl (C=O) groups excluding carboxylic acids is 1. The van der Waals surface area contributed by atoms with Gasteiger partial charge in [0.1, 0.15) is 11.6 Å². The van der Waals surface area contributed by atoms with E-state index in [1.807, 2.05) is 24.1 Å². The first-order chi connectivity index (χ1) is 13.9. The van der Waals surface area contributed by atoms with Crippen LogP contribution in [-0.2, 0) is 0 Å². The standard InChI is InChI=1S/C23H30N4O2/c1-14-15(2)21(29-5)8-7-20(14)16(3)26-12-19-10-18(26)13-27(19)23(28)17-6-9-22(24-4)25-11-17/h6-9,11,16,18-19H,10,12-13H2,1-5H3,(H,24,25)/t16-,18+,19+/m0/s1. The normalized spacial score (nSPS) is 22.0. The molecule has 1 N–H and O–H groups in total. The van der Waals surface area contributed by atoms with Gasteiger partial charge >= 0.3 is 0 Å². The van der Waals surface area contributed by atoms with Crippen LogP contribution in [0.15, 0.2) is 30.5 Å². The zero-order chi connectivity index (χ0) is 20.7. The first kappa shape index (κ1) is 19.7. The monoisotopic (exact) mass is 394 g/mol. The highest BCUT2D eigenvalue weighted by molar-refractivity contribution is 5.94. The van der Waals surface area contributed by atoms with Crippen LogP contribution in [0.1, 0.15) is 46.4 Å². The molecule has 6 heteroatoms. The molecule has 3 heterocycles. The van der Waals surface area contributed by atoms with Gasteiger partial charge < -0.3 is 15.0 Å². The molecule has 2 fully saturated rings. The van der Waals surface area contributed by atoms with Gasteiger partial charge in [-0.25, -0.2) is 4.98 Å². The van der Waals surface area contributed by atoms with Gasteiger partial charge in [0.15, 0.2) is 0 Å². The molecule has 0 unspecified atom stereocenters. The molecule has 2 aromatic rings. The number of fused-ring (bicyclic) bond motifs is 2. The topological polar surface area (TPSA) is 57.7 Å². The number of piperazine rings is 1. The Hall–Kier alpha value is -2.60. The fraction of sp³-hybridized carbons (Fsp3) is 0.478. The SMILES string of the molecule is CNc1ccc(C(=O)N2C[C@H]3C[C@@H]2CN3[C@@H](C)c2ccc(OC)c(C)c2C)cn1. The predicted octanol–water partition coefficient (Wildman–Crippen LogP) is 3.41. The molecule has 3 atom stereocenters. The smallest absolute Gasteiger partial charge is 0.255 e. The number of likely N-dealkylation sites (tertiary alicyclic amines) is 2. The van der Waals surface area contributed by atoms with E-state index in [1.165, 1.54) is 16.7 Å². The Bertz CT molecular complexity index is 912. The van der Waals surface area contributed by atoms with Crippen molar-refractivity contribution in [2.45, 2.75) is 45.3 Å². The summed E-state index contributed by atoms with van der Waals surface area (Å²) in [4.78, 5) is 21.9. The average molecular weight is 395 g/mol. The molecule has 2 bridgehead atoms. The van der Waals surface area contributed by atoms with Crippen LogP contribution in [0.3, 0.4) is 0 Å². The van der Waals surface area contributed by atoms with Gasteiger partial charge in [0, 0.05) is 44.5 Å². The summed E-state index contributed by atoms with van der Waals surface area (Å²) >= 11 is 0. The minimum Gasteiger partial charge on any atom is -0.496 e. The molecule has 4 rings (SSSR count). The maximum Gasteiger partial charge on any atom is 0.255 e. The molecule has 1 amide bonds. The molecule has 0 saturated carbocycles. The van der Waals surface area contributed by atoms with E-state index in [0.717, 1.165) is 31.1 Å². The van der Waals surface area contributed by atoms with Crippen LogP contribution in [0.4, 0.5) is 5.82 Å². The van der Waals surface area contributed by atoms with Crippen LogP contribution in [0.5, 0.6) is 5.75 Å². The van der Waals surface area contributed by atoms with E-state index in [2.05, 4.69) is 48.1 Å². The summed E-state index contributed by atoms with van der Waals surface area (Å²) in [6.07, 6.45) is 2.72. The molecular weight excluding hydrogens is 364 g/mol. The van der Waals surface area contributed by atoms with Crippen LogP contribution < -0.4 is 10.1 Å². The van der Waals surface area contributed by atoms with E-state index in [-0.39, 0.29) is 11.9 Å². The second kappa shape index (κ2) is 7.67. The number of carbonyl (C=O) groups is 1. The van der Waals surface area contributed by atoms with Gasteiger partial charge in [-0.1, -0.05) is 6.07 Å². The van der Waals surface area contributed by atoms with Gasteiger partial charge in [0.05, 0.1) is 12.7 Å². The minimum absolute atomic E-state index is 0.0939. The van der Waals surface area contributed by atoms with Crippen molar-refractivity contribution in [3.63, 3.8) is 0 Å². The summed E-state index contributed by atoms with van der Waals surface area (Å²) in [6, 6.07) is 8.98. The molecule has 0 aliphatic carbocycles. The second-order valence-corrected chi connectivity index (χ2v) is 8.16. The van der Waals surface area contributed by atoms with Crippen LogP contribution in [0.25, 0.3) is 0 Å². The van der Waals surface area contributed by atoms with Gasteiger partial charge in [-0.15, -0.1) is 0 Å². The molecule has 2 saturated heterocycles. The molecular formula is C23H30N4O2. The van der Waals surface area contributed by atoms with Crippen molar-refractivity contribution in [2.75, 3.05) is 32.6 Å². The third kappa shape index (κ3) is 3.35. The van der Waals surface area contributed by atoms with Gasteiger partial charge in [-0.2, -0.15) is 0 Å². The quantitative estimate of drug-likeness (QED) is 0.842. The van der Waals surface area contributed by atoms with E-state index < -0.39 is 0 Å². The molecule has 154 valence electrons. The Balaban J connectivity index is 1.47. The number of benzene rings is 1. The van der Waals surface area contributed by atoms with Crippen molar-refractivity contribution >= 4 is 11.7 Å². The number of amides is 1. The summed E-state index contributed by atoms with van der Waals surface area (Å²) in [7, 11) is 3.54. The molecule has 2 aliphatic rings. The lowest BCUT2D eigenvalue weighted by molar-refractivity contribution is 0.0568. The van der Waals surface area contributed by atoms with E-state index in [9.17, 15) is 4.79 Å². The Morgan fingerprint density at radius 2 is 1.97 bits per heavy atom. The molecule has 6 nitrogen and oxygen atoms in total. The molecule has 29 heavy (non-hydrogen) atoms. The van der Waals surface area contributed by atoms with Crippen molar-refractivity contribution in [2.24, 2.45) is 0 Å². The second-order valence-electron chi connectivity index (χ2n) is 8.16. The van der Waals surface area contributed by atoms with Crippen LogP contribution in [0.2, 0.25) is 0 Å². The molecule has 1 aromatic carbocycles. The van der Waals surface area contributed by atoms with Crippen molar-refractivity contribution < 1.29 is 9.53 Å². The van der Waals surface area contributed by atoms with Crippen molar-refractivity contribution in [3.8, 4) is 5.75 Å². The number of methoxy groups -OCH3 is 1.